The minimum atomic E-state index is -0.844. The van der Waals surface area contributed by atoms with Gasteiger partial charge in [0.1, 0.15) is 0 Å². The Balaban J connectivity index is 1.72. The van der Waals surface area contributed by atoms with E-state index in [2.05, 4.69) is 16.7 Å². The first-order chi connectivity index (χ1) is 13.3. The van der Waals surface area contributed by atoms with Crippen LogP contribution in [0, 0.1) is 27.7 Å². The molecule has 4 heteroatoms. The summed E-state index contributed by atoms with van der Waals surface area (Å²) in [5.74, 6) is -0.705. The molecule has 0 bridgehead atoms. The summed E-state index contributed by atoms with van der Waals surface area (Å²) in [6.45, 7) is 9.63. The average molecular weight is 375 g/mol. The number of aryl methyl sites for hydroxylation is 4. The van der Waals surface area contributed by atoms with Gasteiger partial charge < -0.3 is 9.30 Å². The number of hydrogen-bond donors (Lipinski definition) is 0. The third-order valence-corrected chi connectivity index (χ3v) is 5.08. The fraction of sp³-hybridized carbons (Fsp3) is 0.250. The number of nitrogens with zero attached hydrogens (tertiary/aromatic N) is 1. The summed E-state index contributed by atoms with van der Waals surface area (Å²) in [6.07, 6.45) is -0.844. The lowest BCUT2D eigenvalue weighted by Crippen LogP contribution is -2.24. The van der Waals surface area contributed by atoms with Gasteiger partial charge >= 0.3 is 5.97 Å². The van der Waals surface area contributed by atoms with Gasteiger partial charge in [-0.1, -0.05) is 12.1 Å². The van der Waals surface area contributed by atoms with Crippen LogP contribution in [-0.2, 0) is 4.74 Å². The third kappa shape index (κ3) is 3.91. The van der Waals surface area contributed by atoms with Crippen LogP contribution in [0.25, 0.3) is 5.69 Å². The van der Waals surface area contributed by atoms with Gasteiger partial charge in [0.2, 0.25) is 5.78 Å². The number of aromatic nitrogens is 1. The van der Waals surface area contributed by atoms with E-state index in [1.807, 2.05) is 52.0 Å². The van der Waals surface area contributed by atoms with Crippen molar-refractivity contribution in [2.75, 3.05) is 0 Å². The first-order valence-electron chi connectivity index (χ1n) is 9.36. The van der Waals surface area contributed by atoms with Crippen LogP contribution in [0.4, 0.5) is 0 Å². The number of Topliss-reactive ketones (excluding diaryl/α,β-unsaturated/α-hetero) is 1. The molecule has 0 saturated carbocycles. The van der Waals surface area contributed by atoms with Crippen molar-refractivity contribution in [2.24, 2.45) is 0 Å². The third-order valence-electron chi connectivity index (χ3n) is 5.08. The molecule has 1 atom stereocenters. The van der Waals surface area contributed by atoms with Crippen molar-refractivity contribution in [1.82, 2.24) is 4.57 Å². The zero-order valence-corrected chi connectivity index (χ0v) is 16.9. The Kier molecular flexibility index (Phi) is 5.50. The highest BCUT2D eigenvalue weighted by atomic mass is 16.5. The Morgan fingerprint density at radius 3 is 1.93 bits per heavy atom. The van der Waals surface area contributed by atoms with E-state index in [-0.39, 0.29) is 5.78 Å². The van der Waals surface area contributed by atoms with E-state index >= 15 is 0 Å². The highest BCUT2D eigenvalue weighted by molar-refractivity contribution is 6.01. The molecule has 0 amide bonds. The Bertz CT molecular complexity index is 1010. The maximum atomic E-state index is 12.6. The first-order valence-corrected chi connectivity index (χ1v) is 9.36. The average Bonchev–Trinajstić information content (AvgIpc) is 3.01. The summed E-state index contributed by atoms with van der Waals surface area (Å²) >= 11 is 0. The molecule has 3 rings (SSSR count). The van der Waals surface area contributed by atoms with Gasteiger partial charge in [-0.2, -0.15) is 0 Å². The van der Waals surface area contributed by atoms with E-state index in [0.29, 0.717) is 11.1 Å². The maximum absolute atomic E-state index is 12.6. The molecule has 0 unspecified atom stereocenters. The van der Waals surface area contributed by atoms with Crippen LogP contribution >= 0.6 is 0 Å². The van der Waals surface area contributed by atoms with Crippen LogP contribution in [0.3, 0.4) is 0 Å². The van der Waals surface area contributed by atoms with Crippen molar-refractivity contribution >= 4 is 11.8 Å². The zero-order chi connectivity index (χ0) is 20.4. The summed E-state index contributed by atoms with van der Waals surface area (Å²) < 4.78 is 7.52. The number of esters is 1. The minimum absolute atomic E-state index is 0.202. The fourth-order valence-electron chi connectivity index (χ4n) is 3.23. The lowest BCUT2D eigenvalue weighted by molar-refractivity contribution is 0.0319. The number of benzene rings is 2. The van der Waals surface area contributed by atoms with E-state index in [9.17, 15) is 9.59 Å². The standard InChI is InChI=1S/C24H25NO3/c1-15-6-9-21(14-16(15)2)23(26)19(5)28-24(27)20-10-12-22(13-11-20)25-17(3)7-8-18(25)4/h6-14,19H,1-5H3/t19-/m0/s1. The summed E-state index contributed by atoms with van der Waals surface area (Å²) in [5, 5.41) is 0. The molecule has 0 spiro atoms. The van der Waals surface area contributed by atoms with Gasteiger partial charge in [0.15, 0.2) is 6.10 Å². The molecule has 0 aliphatic heterocycles. The molecule has 1 aromatic heterocycles. The maximum Gasteiger partial charge on any atom is 0.338 e. The molecule has 0 radical (unpaired) electrons. The normalized spacial score (nSPS) is 11.9. The Hall–Kier alpha value is -3.14. The second-order valence-corrected chi connectivity index (χ2v) is 7.21. The van der Waals surface area contributed by atoms with Gasteiger partial charge in [-0.05, 0) is 88.2 Å². The van der Waals surface area contributed by atoms with Crippen molar-refractivity contribution in [2.45, 2.75) is 40.7 Å². The molecule has 0 N–H and O–H groups in total. The second-order valence-electron chi connectivity index (χ2n) is 7.21. The lowest BCUT2D eigenvalue weighted by atomic mass is 10.0. The van der Waals surface area contributed by atoms with Crippen LogP contribution in [-0.4, -0.2) is 22.4 Å². The molecule has 0 aliphatic rings. The van der Waals surface area contributed by atoms with Crippen molar-refractivity contribution in [3.8, 4) is 5.69 Å². The number of carbonyl (C=O) groups excluding carboxylic acids is 2. The largest absolute Gasteiger partial charge is 0.451 e. The van der Waals surface area contributed by atoms with E-state index < -0.39 is 12.1 Å². The molecule has 0 saturated heterocycles. The molecule has 144 valence electrons. The first kappa shape index (κ1) is 19.6. The second kappa shape index (κ2) is 7.85. The Morgan fingerprint density at radius 2 is 1.36 bits per heavy atom. The summed E-state index contributed by atoms with van der Waals surface area (Å²) in [5.41, 5.74) is 6.37. The van der Waals surface area contributed by atoms with Gasteiger partial charge in [0.25, 0.3) is 0 Å². The monoisotopic (exact) mass is 375 g/mol. The van der Waals surface area contributed by atoms with E-state index in [1.54, 1.807) is 25.1 Å². The number of ether oxygens (including phenoxy) is 1. The fourth-order valence-corrected chi connectivity index (χ4v) is 3.23. The van der Waals surface area contributed by atoms with Gasteiger partial charge in [0, 0.05) is 22.6 Å². The highest BCUT2D eigenvalue weighted by Gasteiger charge is 2.21. The van der Waals surface area contributed by atoms with E-state index in [1.165, 1.54) is 0 Å². The topological polar surface area (TPSA) is 48.3 Å². The highest BCUT2D eigenvalue weighted by Crippen LogP contribution is 2.18. The SMILES string of the molecule is Cc1ccc(C(=O)[C@H](C)OC(=O)c2ccc(-n3c(C)ccc3C)cc2)cc1C. The minimum Gasteiger partial charge on any atom is -0.451 e. The van der Waals surface area contributed by atoms with Crippen molar-refractivity contribution < 1.29 is 14.3 Å². The van der Waals surface area contributed by atoms with Gasteiger partial charge in [0.05, 0.1) is 5.56 Å². The van der Waals surface area contributed by atoms with Gasteiger partial charge in [-0.3, -0.25) is 4.79 Å². The zero-order valence-electron chi connectivity index (χ0n) is 16.9. The van der Waals surface area contributed by atoms with Crippen molar-refractivity contribution in [3.05, 3.63) is 88.2 Å². The number of carbonyl (C=O) groups is 2. The molecule has 28 heavy (non-hydrogen) atoms. The van der Waals surface area contributed by atoms with Crippen LogP contribution in [0.1, 0.15) is 50.2 Å². The van der Waals surface area contributed by atoms with Crippen molar-refractivity contribution in [3.63, 3.8) is 0 Å². The molecule has 2 aromatic carbocycles. The quantitative estimate of drug-likeness (QED) is 0.458. The van der Waals surface area contributed by atoms with Crippen molar-refractivity contribution in [1.29, 1.82) is 0 Å². The van der Waals surface area contributed by atoms with E-state index in [4.69, 9.17) is 4.74 Å². The molecular weight excluding hydrogens is 350 g/mol. The number of ketones is 1. The number of hydrogen-bond acceptors (Lipinski definition) is 3. The van der Waals surface area contributed by atoms with Crippen LogP contribution in [0.5, 0.6) is 0 Å². The Labute approximate surface area is 165 Å². The molecule has 4 nitrogen and oxygen atoms in total. The summed E-state index contributed by atoms with van der Waals surface area (Å²) in [7, 11) is 0. The van der Waals surface area contributed by atoms with Crippen LogP contribution in [0.2, 0.25) is 0 Å². The van der Waals surface area contributed by atoms with Crippen LogP contribution < -0.4 is 0 Å². The molecular formula is C24H25NO3. The lowest BCUT2D eigenvalue weighted by Gasteiger charge is -2.14. The van der Waals surface area contributed by atoms with Gasteiger partial charge in [-0.15, -0.1) is 0 Å². The summed E-state index contributed by atoms with van der Waals surface area (Å²) in [6, 6.07) is 16.8. The Morgan fingerprint density at radius 1 is 0.786 bits per heavy atom. The van der Waals surface area contributed by atoms with Gasteiger partial charge in [-0.25, -0.2) is 4.79 Å². The predicted molar refractivity (Wildman–Crippen MR) is 110 cm³/mol. The number of rotatable bonds is 5. The molecule has 1 heterocycles. The van der Waals surface area contributed by atoms with Crippen LogP contribution in [0.15, 0.2) is 54.6 Å². The summed E-state index contributed by atoms with van der Waals surface area (Å²) in [4.78, 5) is 25.0. The molecule has 3 aromatic rings. The predicted octanol–water partition coefficient (Wildman–Crippen LogP) is 5.14. The van der Waals surface area contributed by atoms with E-state index in [0.717, 1.165) is 28.2 Å². The smallest absolute Gasteiger partial charge is 0.338 e. The molecule has 0 aliphatic carbocycles. The molecule has 0 fully saturated rings.